The molecule has 0 amide bonds. The molecule has 2 nitrogen and oxygen atoms in total. The molecule has 17 heavy (non-hydrogen) atoms. The minimum Gasteiger partial charge on any atom is -0.458 e. The van der Waals surface area contributed by atoms with Crippen LogP contribution < -0.4 is 0 Å². The molecule has 0 N–H and O–H groups in total. The molecule has 0 rings (SSSR count). The largest absolute Gasteiger partial charge is 0.458 e. The number of unbranched alkanes of at least 4 members (excludes halogenated alkanes) is 1. The number of hydrogen-bond donors (Lipinski definition) is 0. The predicted molar refractivity (Wildman–Crippen MR) is 70.0 cm³/mol. The zero-order chi connectivity index (χ0) is 12.9. The molecule has 0 aromatic heterocycles. The molecule has 90 valence electrons. The van der Waals surface area contributed by atoms with Gasteiger partial charge in [0.1, 0.15) is 6.61 Å². The molecule has 0 atom stereocenters. The van der Waals surface area contributed by atoms with Crippen LogP contribution in [0.4, 0.5) is 0 Å². The average Bonchev–Trinajstić information content (AvgIpc) is 2.26. The van der Waals surface area contributed by atoms with E-state index >= 15 is 0 Å². The molecule has 0 aliphatic heterocycles. The SMILES string of the molecule is CCCC#CC#CC=CCOC(=O)C=C(C)C. The lowest BCUT2D eigenvalue weighted by atomic mass is 10.3. The van der Waals surface area contributed by atoms with Crippen LogP contribution >= 0.6 is 0 Å². The fourth-order valence-corrected chi connectivity index (χ4v) is 0.824. The number of hydrogen-bond acceptors (Lipinski definition) is 2. The lowest BCUT2D eigenvalue weighted by Gasteiger charge is -1.95. The Morgan fingerprint density at radius 3 is 2.71 bits per heavy atom. The van der Waals surface area contributed by atoms with Gasteiger partial charge >= 0.3 is 5.97 Å². The van der Waals surface area contributed by atoms with Crippen LogP contribution in [0.3, 0.4) is 0 Å². The van der Waals surface area contributed by atoms with Gasteiger partial charge in [-0.3, -0.25) is 0 Å². The average molecular weight is 230 g/mol. The Morgan fingerprint density at radius 1 is 1.29 bits per heavy atom. The highest BCUT2D eigenvalue weighted by Crippen LogP contribution is 1.90. The normalized spacial score (nSPS) is 8.65. The molecule has 0 saturated heterocycles. The Hall–Kier alpha value is -1.93. The summed E-state index contributed by atoms with van der Waals surface area (Å²) in [6.45, 7) is 6.00. The predicted octanol–water partition coefficient (Wildman–Crippen LogP) is 2.86. The third-order valence-corrected chi connectivity index (χ3v) is 1.53. The van der Waals surface area contributed by atoms with Gasteiger partial charge in [-0.05, 0) is 44.3 Å². The molecule has 0 saturated carbocycles. The Balaban J connectivity index is 3.80. The first-order valence-corrected chi connectivity index (χ1v) is 5.62. The van der Waals surface area contributed by atoms with Crippen molar-refractivity contribution in [2.75, 3.05) is 6.61 Å². The van der Waals surface area contributed by atoms with E-state index in [1.807, 2.05) is 13.8 Å². The highest BCUT2D eigenvalue weighted by Gasteiger charge is 1.93. The second-order valence-corrected chi connectivity index (χ2v) is 3.58. The maximum Gasteiger partial charge on any atom is 0.330 e. The van der Waals surface area contributed by atoms with Gasteiger partial charge in [0.05, 0.1) is 0 Å². The topological polar surface area (TPSA) is 26.3 Å². The molecule has 0 aliphatic carbocycles. The first-order chi connectivity index (χ1) is 8.16. The summed E-state index contributed by atoms with van der Waals surface area (Å²) in [5, 5.41) is 0. The molecule has 0 unspecified atom stereocenters. The first-order valence-electron chi connectivity index (χ1n) is 5.62. The van der Waals surface area contributed by atoms with Crippen LogP contribution in [0.15, 0.2) is 23.8 Å². The van der Waals surface area contributed by atoms with Crippen LogP contribution in [-0.2, 0) is 9.53 Å². The fraction of sp³-hybridized carbons (Fsp3) is 0.400. The first kappa shape index (κ1) is 15.1. The lowest BCUT2D eigenvalue weighted by Crippen LogP contribution is -2.00. The fourth-order valence-electron chi connectivity index (χ4n) is 0.824. The highest BCUT2D eigenvalue weighted by atomic mass is 16.5. The maximum absolute atomic E-state index is 11.1. The van der Waals surface area contributed by atoms with Crippen molar-refractivity contribution in [2.45, 2.75) is 33.6 Å². The smallest absolute Gasteiger partial charge is 0.330 e. The van der Waals surface area contributed by atoms with Gasteiger partial charge in [0.2, 0.25) is 0 Å². The van der Waals surface area contributed by atoms with Crippen LogP contribution in [0.25, 0.3) is 0 Å². The van der Waals surface area contributed by atoms with E-state index in [2.05, 4.69) is 30.6 Å². The van der Waals surface area contributed by atoms with Gasteiger partial charge in [0, 0.05) is 12.5 Å². The minimum atomic E-state index is -0.328. The third-order valence-electron chi connectivity index (χ3n) is 1.53. The minimum absolute atomic E-state index is 0.236. The summed E-state index contributed by atoms with van der Waals surface area (Å²) >= 11 is 0. The lowest BCUT2D eigenvalue weighted by molar-refractivity contribution is -0.136. The molecule has 0 aromatic rings. The van der Waals surface area contributed by atoms with Crippen molar-refractivity contribution in [3.8, 4) is 23.7 Å². The van der Waals surface area contributed by atoms with Gasteiger partial charge in [-0.25, -0.2) is 4.79 Å². The Bertz CT molecular complexity index is 402. The quantitative estimate of drug-likeness (QED) is 0.422. The van der Waals surface area contributed by atoms with Gasteiger partial charge in [0.15, 0.2) is 0 Å². The zero-order valence-corrected chi connectivity index (χ0v) is 10.7. The maximum atomic E-state index is 11.1. The van der Waals surface area contributed by atoms with E-state index in [-0.39, 0.29) is 12.6 Å². The van der Waals surface area contributed by atoms with Crippen molar-refractivity contribution in [1.29, 1.82) is 0 Å². The van der Waals surface area contributed by atoms with Gasteiger partial charge in [0.25, 0.3) is 0 Å². The van der Waals surface area contributed by atoms with E-state index in [0.717, 1.165) is 18.4 Å². The summed E-state index contributed by atoms with van der Waals surface area (Å²) in [7, 11) is 0. The summed E-state index contributed by atoms with van der Waals surface area (Å²) in [5.74, 6) is 10.8. The monoisotopic (exact) mass is 230 g/mol. The molecule has 0 fully saturated rings. The van der Waals surface area contributed by atoms with Crippen LogP contribution in [0.5, 0.6) is 0 Å². The van der Waals surface area contributed by atoms with E-state index in [1.54, 1.807) is 12.2 Å². The molecule has 0 heterocycles. The van der Waals surface area contributed by atoms with Crippen molar-refractivity contribution >= 4 is 5.97 Å². The molecule has 0 aromatic carbocycles. The highest BCUT2D eigenvalue weighted by molar-refractivity contribution is 5.82. The summed E-state index contributed by atoms with van der Waals surface area (Å²) in [5.41, 5.74) is 0.921. The van der Waals surface area contributed by atoms with E-state index in [4.69, 9.17) is 4.74 Å². The van der Waals surface area contributed by atoms with E-state index < -0.39 is 0 Å². The Kier molecular flexibility index (Phi) is 9.38. The number of rotatable bonds is 4. The van der Waals surface area contributed by atoms with Gasteiger partial charge in [-0.15, -0.1) is 0 Å². The number of carbonyl (C=O) groups excluding carboxylic acids is 1. The van der Waals surface area contributed by atoms with E-state index in [1.165, 1.54) is 6.08 Å². The summed E-state index contributed by atoms with van der Waals surface area (Å²) < 4.78 is 4.89. The standard InChI is InChI=1S/C15H18O2/c1-4-5-6-7-8-9-10-11-12-17-15(16)13-14(2)3/h10-11,13H,4-5,12H2,1-3H3. The van der Waals surface area contributed by atoms with Crippen molar-refractivity contribution in [3.63, 3.8) is 0 Å². The van der Waals surface area contributed by atoms with Gasteiger partial charge in [-0.2, -0.15) is 0 Å². The number of carbonyl (C=O) groups is 1. The molecule has 0 spiro atoms. The number of ether oxygens (including phenoxy) is 1. The molecule has 0 bridgehead atoms. The Morgan fingerprint density at radius 2 is 2.06 bits per heavy atom. The Labute approximate surface area is 104 Å². The van der Waals surface area contributed by atoms with Gasteiger partial charge in [-0.1, -0.05) is 24.3 Å². The van der Waals surface area contributed by atoms with Crippen LogP contribution in [0, 0.1) is 23.7 Å². The van der Waals surface area contributed by atoms with E-state index in [0.29, 0.717) is 0 Å². The zero-order valence-electron chi connectivity index (χ0n) is 10.7. The molecule has 2 heteroatoms. The molecule has 0 aliphatic rings. The summed E-state index contributed by atoms with van der Waals surface area (Å²) in [6.07, 6.45) is 6.70. The second kappa shape index (κ2) is 10.6. The van der Waals surface area contributed by atoms with Crippen molar-refractivity contribution in [3.05, 3.63) is 23.8 Å². The summed E-state index contributed by atoms with van der Waals surface area (Å²) in [4.78, 5) is 11.1. The second-order valence-electron chi connectivity index (χ2n) is 3.58. The van der Waals surface area contributed by atoms with Crippen LogP contribution in [0.1, 0.15) is 33.6 Å². The van der Waals surface area contributed by atoms with Crippen molar-refractivity contribution in [1.82, 2.24) is 0 Å². The van der Waals surface area contributed by atoms with Crippen molar-refractivity contribution < 1.29 is 9.53 Å². The molecule has 0 radical (unpaired) electrons. The number of allylic oxidation sites excluding steroid dienone is 2. The molecular formula is C15H18O2. The third kappa shape index (κ3) is 12.0. The summed E-state index contributed by atoms with van der Waals surface area (Å²) in [6, 6.07) is 0. The number of esters is 1. The van der Waals surface area contributed by atoms with E-state index in [9.17, 15) is 4.79 Å². The van der Waals surface area contributed by atoms with Crippen LogP contribution in [-0.4, -0.2) is 12.6 Å². The van der Waals surface area contributed by atoms with Crippen LogP contribution in [0.2, 0.25) is 0 Å². The molecular weight excluding hydrogens is 212 g/mol. The van der Waals surface area contributed by atoms with Crippen molar-refractivity contribution in [2.24, 2.45) is 0 Å². The van der Waals surface area contributed by atoms with Gasteiger partial charge < -0.3 is 4.74 Å².